The lowest BCUT2D eigenvalue weighted by Gasteiger charge is -2.23. The molecule has 0 heterocycles. The SMILES string of the molecule is CC(C)(C)N=NC(C)(C)NC(=O)NNC(=O)C1CCCCCCC1. The lowest BCUT2D eigenvalue weighted by Crippen LogP contribution is -2.53. The quantitative estimate of drug-likeness (QED) is 0.540. The van der Waals surface area contributed by atoms with Gasteiger partial charge in [-0.15, -0.1) is 0 Å². The molecule has 7 nitrogen and oxygen atoms in total. The summed E-state index contributed by atoms with van der Waals surface area (Å²) in [6.45, 7) is 9.29. The van der Waals surface area contributed by atoms with Gasteiger partial charge in [0.15, 0.2) is 0 Å². The minimum Gasteiger partial charge on any atom is -0.311 e. The van der Waals surface area contributed by atoms with Gasteiger partial charge in [0.05, 0.1) is 5.54 Å². The highest BCUT2D eigenvalue weighted by atomic mass is 16.2. The lowest BCUT2D eigenvalue weighted by atomic mass is 9.91. The van der Waals surface area contributed by atoms with Crippen molar-refractivity contribution in [1.82, 2.24) is 16.2 Å². The fraction of sp³-hybridized carbons (Fsp3) is 0.882. The number of rotatable bonds is 3. The first-order valence-corrected chi connectivity index (χ1v) is 8.91. The predicted molar refractivity (Wildman–Crippen MR) is 94.3 cm³/mol. The van der Waals surface area contributed by atoms with E-state index < -0.39 is 11.7 Å². The van der Waals surface area contributed by atoms with E-state index in [2.05, 4.69) is 26.4 Å². The van der Waals surface area contributed by atoms with E-state index in [1.165, 1.54) is 19.3 Å². The van der Waals surface area contributed by atoms with Gasteiger partial charge >= 0.3 is 6.03 Å². The van der Waals surface area contributed by atoms with Gasteiger partial charge in [0, 0.05) is 5.92 Å². The second kappa shape index (κ2) is 8.99. The van der Waals surface area contributed by atoms with Crippen LogP contribution in [0.5, 0.6) is 0 Å². The number of nitrogens with zero attached hydrogens (tertiary/aromatic N) is 2. The summed E-state index contributed by atoms with van der Waals surface area (Å²) in [5.74, 6) is -0.125. The number of nitrogens with one attached hydrogen (secondary N) is 3. The molecule has 3 N–H and O–H groups in total. The van der Waals surface area contributed by atoms with Crippen LogP contribution in [-0.4, -0.2) is 23.1 Å². The zero-order valence-electron chi connectivity index (χ0n) is 15.7. The molecule has 0 aromatic rings. The fourth-order valence-electron chi connectivity index (χ4n) is 2.55. The number of hydrogen-bond donors (Lipinski definition) is 3. The molecule has 0 bridgehead atoms. The Balaban J connectivity index is 2.41. The third-order valence-electron chi connectivity index (χ3n) is 3.79. The molecular formula is C17H33N5O2. The van der Waals surface area contributed by atoms with Crippen LogP contribution in [0.4, 0.5) is 4.79 Å². The standard InChI is InChI=1S/C17H33N5O2/c1-16(2,3)21-22-17(4,5)18-15(24)20-19-14(23)13-11-9-7-6-8-10-12-13/h13H,6-12H2,1-5H3,(H,19,23)(H2,18,20,24). The number of urea groups is 1. The van der Waals surface area contributed by atoms with Crippen LogP contribution in [0.25, 0.3) is 0 Å². The van der Waals surface area contributed by atoms with Crippen LogP contribution in [0, 0.1) is 5.92 Å². The van der Waals surface area contributed by atoms with Gasteiger partial charge in [0.1, 0.15) is 5.66 Å². The zero-order chi connectivity index (χ0) is 18.2. The number of azo groups is 1. The topological polar surface area (TPSA) is 94.9 Å². The molecule has 7 heteroatoms. The van der Waals surface area contributed by atoms with Crippen molar-refractivity contribution in [2.24, 2.45) is 16.1 Å². The van der Waals surface area contributed by atoms with Crippen LogP contribution >= 0.6 is 0 Å². The molecule has 0 saturated heterocycles. The van der Waals surface area contributed by atoms with E-state index in [1.54, 1.807) is 13.8 Å². The Hall–Kier alpha value is -1.66. The molecule has 138 valence electrons. The first kappa shape index (κ1) is 20.4. The summed E-state index contributed by atoms with van der Waals surface area (Å²) in [6.07, 6.45) is 7.55. The predicted octanol–water partition coefficient (Wildman–Crippen LogP) is 3.66. The van der Waals surface area contributed by atoms with E-state index in [4.69, 9.17) is 0 Å². The third-order valence-corrected chi connectivity index (χ3v) is 3.79. The molecule has 3 amide bonds. The molecule has 0 spiro atoms. The summed E-state index contributed by atoms with van der Waals surface area (Å²) in [5, 5.41) is 11.0. The molecule has 0 aromatic heterocycles. The summed E-state index contributed by atoms with van der Waals surface area (Å²) in [7, 11) is 0. The Morgan fingerprint density at radius 2 is 1.38 bits per heavy atom. The van der Waals surface area contributed by atoms with Crippen molar-refractivity contribution >= 4 is 11.9 Å². The molecule has 0 atom stereocenters. The lowest BCUT2D eigenvalue weighted by molar-refractivity contribution is -0.126. The van der Waals surface area contributed by atoms with Gasteiger partial charge in [-0.2, -0.15) is 10.2 Å². The first-order valence-electron chi connectivity index (χ1n) is 8.91. The number of hydrogen-bond acceptors (Lipinski definition) is 4. The molecule has 24 heavy (non-hydrogen) atoms. The normalized spacial score (nSPS) is 17.9. The van der Waals surface area contributed by atoms with Crippen molar-refractivity contribution in [2.75, 3.05) is 0 Å². The highest BCUT2D eigenvalue weighted by molar-refractivity contribution is 5.82. The minimum atomic E-state index is -0.845. The Morgan fingerprint density at radius 3 is 1.92 bits per heavy atom. The summed E-state index contributed by atoms with van der Waals surface area (Å²) in [4.78, 5) is 24.1. The molecule has 1 aliphatic carbocycles. The first-order chi connectivity index (χ1) is 11.1. The molecule has 1 fully saturated rings. The van der Waals surface area contributed by atoms with E-state index in [1.807, 2.05) is 20.8 Å². The second-order valence-corrected chi connectivity index (χ2v) is 8.04. The highest BCUT2D eigenvalue weighted by Crippen LogP contribution is 2.22. The van der Waals surface area contributed by atoms with Crippen molar-refractivity contribution in [3.63, 3.8) is 0 Å². The third kappa shape index (κ3) is 8.84. The smallest absolute Gasteiger partial charge is 0.311 e. The van der Waals surface area contributed by atoms with E-state index in [9.17, 15) is 9.59 Å². The summed E-state index contributed by atoms with van der Waals surface area (Å²) >= 11 is 0. The van der Waals surface area contributed by atoms with E-state index in [0.29, 0.717) is 0 Å². The largest absolute Gasteiger partial charge is 0.335 e. The van der Waals surface area contributed by atoms with Crippen molar-refractivity contribution in [3.8, 4) is 0 Å². The monoisotopic (exact) mass is 339 g/mol. The van der Waals surface area contributed by atoms with Crippen LogP contribution < -0.4 is 16.2 Å². The van der Waals surface area contributed by atoms with Gasteiger partial charge in [-0.05, 0) is 47.5 Å². The summed E-state index contributed by atoms with van der Waals surface area (Å²) in [6, 6.07) is -0.493. The molecule has 0 aromatic carbocycles. The summed E-state index contributed by atoms with van der Waals surface area (Å²) in [5.41, 5.74) is 3.79. The van der Waals surface area contributed by atoms with Gasteiger partial charge in [-0.3, -0.25) is 10.2 Å². The average molecular weight is 339 g/mol. The Kier molecular flexibility index (Phi) is 7.63. The molecule has 1 aliphatic rings. The van der Waals surface area contributed by atoms with Gasteiger partial charge in [-0.25, -0.2) is 10.2 Å². The number of carbonyl (C=O) groups excluding carboxylic acids is 2. The van der Waals surface area contributed by atoms with Crippen LogP contribution in [0.1, 0.15) is 79.6 Å². The van der Waals surface area contributed by atoms with Crippen LogP contribution in [0.15, 0.2) is 10.2 Å². The van der Waals surface area contributed by atoms with Crippen molar-refractivity contribution in [1.29, 1.82) is 0 Å². The molecule has 0 aliphatic heterocycles. The van der Waals surface area contributed by atoms with Gasteiger partial charge in [0.2, 0.25) is 5.91 Å². The number of amides is 3. The zero-order valence-corrected chi connectivity index (χ0v) is 15.7. The van der Waals surface area contributed by atoms with E-state index >= 15 is 0 Å². The van der Waals surface area contributed by atoms with Crippen molar-refractivity contribution < 1.29 is 9.59 Å². The maximum absolute atomic E-state index is 12.2. The molecule has 1 rings (SSSR count). The summed E-state index contributed by atoms with van der Waals surface area (Å²) < 4.78 is 0. The van der Waals surface area contributed by atoms with Gasteiger partial charge in [-0.1, -0.05) is 32.1 Å². The molecular weight excluding hydrogens is 306 g/mol. The number of carbonyl (C=O) groups is 2. The highest BCUT2D eigenvalue weighted by Gasteiger charge is 2.23. The van der Waals surface area contributed by atoms with Crippen LogP contribution in [0.3, 0.4) is 0 Å². The van der Waals surface area contributed by atoms with Crippen molar-refractivity contribution in [3.05, 3.63) is 0 Å². The average Bonchev–Trinajstić information content (AvgIpc) is 2.41. The fourth-order valence-corrected chi connectivity index (χ4v) is 2.55. The van der Waals surface area contributed by atoms with E-state index in [-0.39, 0.29) is 17.4 Å². The van der Waals surface area contributed by atoms with Gasteiger partial charge < -0.3 is 5.32 Å². The van der Waals surface area contributed by atoms with Crippen molar-refractivity contribution in [2.45, 2.75) is 90.8 Å². The second-order valence-electron chi connectivity index (χ2n) is 8.04. The van der Waals surface area contributed by atoms with Crippen LogP contribution in [-0.2, 0) is 4.79 Å². The minimum absolute atomic E-state index is 0.0146. The molecule has 1 saturated carbocycles. The maximum atomic E-state index is 12.2. The Morgan fingerprint density at radius 1 is 0.833 bits per heavy atom. The van der Waals surface area contributed by atoms with E-state index in [0.717, 1.165) is 25.7 Å². The Bertz CT molecular complexity index is 446. The Labute approximate surface area is 145 Å². The maximum Gasteiger partial charge on any atom is 0.335 e. The molecule has 0 radical (unpaired) electrons. The number of hydrazine groups is 1. The molecule has 0 unspecified atom stereocenters. The van der Waals surface area contributed by atoms with Crippen LogP contribution in [0.2, 0.25) is 0 Å². The van der Waals surface area contributed by atoms with Gasteiger partial charge in [0.25, 0.3) is 0 Å².